The van der Waals surface area contributed by atoms with Crippen molar-refractivity contribution < 1.29 is 0 Å². The second-order valence-corrected chi connectivity index (χ2v) is 4.62. The summed E-state index contributed by atoms with van der Waals surface area (Å²) in [5.74, 6) is 0. The van der Waals surface area contributed by atoms with Crippen LogP contribution in [0.1, 0.15) is 26.0 Å². The number of nitrogens with zero attached hydrogens (tertiary/aromatic N) is 4. The van der Waals surface area contributed by atoms with E-state index in [1.807, 2.05) is 31.2 Å². The molecule has 0 aliphatic heterocycles. The van der Waals surface area contributed by atoms with Crippen molar-refractivity contribution in [2.45, 2.75) is 45.9 Å². The van der Waals surface area contributed by atoms with Crippen LogP contribution in [0.5, 0.6) is 0 Å². The van der Waals surface area contributed by atoms with Gasteiger partial charge in [0.25, 0.3) is 0 Å². The van der Waals surface area contributed by atoms with Gasteiger partial charge in [0.2, 0.25) is 0 Å². The van der Waals surface area contributed by atoms with Gasteiger partial charge in [-0.05, 0) is 13.3 Å². The molecule has 0 amide bonds. The molecule has 0 aliphatic rings. The maximum atomic E-state index is 4.20. The van der Waals surface area contributed by atoms with Gasteiger partial charge in [-0.2, -0.15) is 0 Å². The van der Waals surface area contributed by atoms with Crippen molar-refractivity contribution >= 4 is 0 Å². The first kappa shape index (κ1) is 12.8. The van der Waals surface area contributed by atoms with Gasteiger partial charge in [-0.1, -0.05) is 6.92 Å². The average Bonchev–Trinajstić information content (AvgIpc) is 2.99. The van der Waals surface area contributed by atoms with Gasteiger partial charge in [0.1, 0.15) is 0 Å². The van der Waals surface area contributed by atoms with Crippen molar-refractivity contribution in [1.82, 2.24) is 24.4 Å². The molecule has 98 valence electrons. The first-order chi connectivity index (χ1) is 8.79. The van der Waals surface area contributed by atoms with E-state index in [1.165, 1.54) is 5.69 Å². The zero-order valence-electron chi connectivity index (χ0n) is 11.1. The van der Waals surface area contributed by atoms with Gasteiger partial charge in [0.15, 0.2) is 0 Å². The minimum atomic E-state index is 0.407. The number of nitrogens with one attached hydrogen (secondary N) is 1. The Morgan fingerprint density at radius 2 is 2.22 bits per heavy atom. The van der Waals surface area contributed by atoms with Crippen molar-refractivity contribution in [3.8, 4) is 0 Å². The molecule has 2 aromatic heterocycles. The van der Waals surface area contributed by atoms with Gasteiger partial charge in [0.05, 0.1) is 18.3 Å². The van der Waals surface area contributed by atoms with Crippen LogP contribution in [-0.2, 0) is 19.6 Å². The third kappa shape index (κ3) is 3.43. The van der Waals surface area contributed by atoms with E-state index < -0.39 is 0 Å². The number of rotatable bonds is 7. The molecule has 0 aliphatic carbocycles. The molecule has 5 heteroatoms. The summed E-state index contributed by atoms with van der Waals surface area (Å²) in [4.78, 5) is 8.25. The van der Waals surface area contributed by atoms with E-state index in [0.29, 0.717) is 6.04 Å². The number of imidazole rings is 2. The van der Waals surface area contributed by atoms with E-state index in [0.717, 1.165) is 26.1 Å². The van der Waals surface area contributed by atoms with E-state index in [2.05, 4.69) is 38.3 Å². The molecular weight excluding hydrogens is 226 g/mol. The zero-order chi connectivity index (χ0) is 12.8. The molecule has 1 unspecified atom stereocenters. The van der Waals surface area contributed by atoms with Crippen molar-refractivity contribution in [3.05, 3.63) is 36.9 Å². The van der Waals surface area contributed by atoms with Gasteiger partial charge in [-0.3, -0.25) is 0 Å². The summed E-state index contributed by atoms with van der Waals surface area (Å²) in [6, 6.07) is 0.407. The Labute approximate surface area is 108 Å². The highest BCUT2D eigenvalue weighted by atomic mass is 15.1. The molecular formula is C13H21N5. The maximum absolute atomic E-state index is 4.20. The number of hydrogen-bond acceptors (Lipinski definition) is 3. The first-order valence-corrected chi connectivity index (χ1v) is 6.47. The lowest BCUT2D eigenvalue weighted by atomic mass is 10.3. The Hall–Kier alpha value is -1.62. The van der Waals surface area contributed by atoms with Crippen LogP contribution in [0.2, 0.25) is 0 Å². The van der Waals surface area contributed by atoms with Crippen LogP contribution in [0.25, 0.3) is 0 Å². The quantitative estimate of drug-likeness (QED) is 0.809. The van der Waals surface area contributed by atoms with Crippen molar-refractivity contribution in [1.29, 1.82) is 0 Å². The lowest BCUT2D eigenvalue weighted by molar-refractivity contribution is 0.465. The normalized spacial score (nSPS) is 12.8. The maximum Gasteiger partial charge on any atom is 0.0948 e. The predicted octanol–water partition coefficient (Wildman–Crippen LogP) is 1.67. The summed E-state index contributed by atoms with van der Waals surface area (Å²) >= 11 is 0. The molecule has 0 aromatic carbocycles. The highest BCUT2D eigenvalue weighted by Gasteiger charge is 2.05. The van der Waals surface area contributed by atoms with Gasteiger partial charge < -0.3 is 14.5 Å². The van der Waals surface area contributed by atoms with Crippen LogP contribution in [-0.4, -0.2) is 25.1 Å². The summed E-state index contributed by atoms with van der Waals surface area (Å²) in [5, 5.41) is 3.51. The molecule has 2 aromatic rings. The number of aryl methyl sites for hydroxylation is 1. The Morgan fingerprint density at radius 1 is 1.33 bits per heavy atom. The Bertz CT molecular complexity index is 446. The highest BCUT2D eigenvalue weighted by Crippen LogP contribution is 2.01. The van der Waals surface area contributed by atoms with Crippen LogP contribution < -0.4 is 5.32 Å². The Morgan fingerprint density at radius 3 is 2.94 bits per heavy atom. The first-order valence-electron chi connectivity index (χ1n) is 6.47. The summed E-state index contributed by atoms with van der Waals surface area (Å²) in [6.45, 7) is 7.18. The van der Waals surface area contributed by atoms with E-state index in [9.17, 15) is 0 Å². The monoisotopic (exact) mass is 247 g/mol. The fourth-order valence-corrected chi connectivity index (χ4v) is 1.99. The largest absolute Gasteiger partial charge is 0.336 e. The van der Waals surface area contributed by atoms with Crippen LogP contribution in [0.15, 0.2) is 31.2 Å². The second kappa shape index (κ2) is 6.35. The topological polar surface area (TPSA) is 47.7 Å². The Balaban J connectivity index is 1.81. The summed E-state index contributed by atoms with van der Waals surface area (Å²) in [7, 11) is 0. The lowest BCUT2D eigenvalue weighted by Crippen LogP contribution is -2.30. The molecule has 2 rings (SSSR count). The number of hydrogen-bond donors (Lipinski definition) is 1. The molecule has 0 fully saturated rings. The molecule has 1 N–H and O–H groups in total. The van der Waals surface area contributed by atoms with Crippen LogP contribution in [0, 0.1) is 0 Å². The predicted molar refractivity (Wildman–Crippen MR) is 71.0 cm³/mol. The second-order valence-electron chi connectivity index (χ2n) is 4.62. The fraction of sp³-hybridized carbons (Fsp3) is 0.538. The molecule has 18 heavy (non-hydrogen) atoms. The number of aromatic nitrogens is 4. The fourth-order valence-electron chi connectivity index (χ4n) is 1.99. The summed E-state index contributed by atoms with van der Waals surface area (Å²) in [5.41, 5.74) is 1.24. The molecule has 0 spiro atoms. The summed E-state index contributed by atoms with van der Waals surface area (Å²) in [6.07, 6.45) is 10.6. The molecule has 5 nitrogen and oxygen atoms in total. The third-order valence-electron chi connectivity index (χ3n) is 2.94. The van der Waals surface area contributed by atoms with Crippen LogP contribution >= 0.6 is 0 Å². The molecule has 2 heterocycles. The minimum absolute atomic E-state index is 0.407. The molecule has 0 bridgehead atoms. The van der Waals surface area contributed by atoms with Crippen LogP contribution in [0.4, 0.5) is 0 Å². The molecule has 1 atom stereocenters. The van der Waals surface area contributed by atoms with E-state index in [-0.39, 0.29) is 0 Å². The van der Waals surface area contributed by atoms with Gasteiger partial charge >= 0.3 is 0 Å². The lowest BCUT2D eigenvalue weighted by Gasteiger charge is -2.15. The minimum Gasteiger partial charge on any atom is -0.336 e. The Kier molecular flexibility index (Phi) is 4.52. The van der Waals surface area contributed by atoms with Gasteiger partial charge in [-0.25, -0.2) is 9.97 Å². The van der Waals surface area contributed by atoms with Crippen molar-refractivity contribution in [3.63, 3.8) is 0 Å². The van der Waals surface area contributed by atoms with Gasteiger partial charge in [0, 0.05) is 44.3 Å². The van der Waals surface area contributed by atoms with E-state index in [4.69, 9.17) is 0 Å². The van der Waals surface area contributed by atoms with Gasteiger partial charge in [-0.15, -0.1) is 0 Å². The molecule has 0 radical (unpaired) electrons. The third-order valence-corrected chi connectivity index (χ3v) is 2.94. The SMILES string of the molecule is CCCn1cncc1CNC(C)Cn1ccnc1. The summed E-state index contributed by atoms with van der Waals surface area (Å²) < 4.78 is 4.29. The smallest absolute Gasteiger partial charge is 0.0948 e. The molecule has 0 saturated carbocycles. The van der Waals surface area contributed by atoms with E-state index in [1.54, 1.807) is 0 Å². The standard InChI is InChI=1S/C13H21N5/c1-3-5-18-11-15-7-13(18)8-16-12(2)9-17-6-4-14-10-17/h4,6-7,10-12,16H,3,5,8-9H2,1-2H3. The van der Waals surface area contributed by atoms with E-state index >= 15 is 0 Å². The van der Waals surface area contributed by atoms with Crippen molar-refractivity contribution in [2.24, 2.45) is 0 Å². The highest BCUT2D eigenvalue weighted by molar-refractivity contribution is 4.98. The average molecular weight is 247 g/mol. The zero-order valence-corrected chi connectivity index (χ0v) is 11.1. The molecule has 0 saturated heterocycles. The van der Waals surface area contributed by atoms with Crippen LogP contribution in [0.3, 0.4) is 0 Å². The van der Waals surface area contributed by atoms with Crippen molar-refractivity contribution in [2.75, 3.05) is 0 Å².